The second kappa shape index (κ2) is 39.0. The zero-order chi connectivity index (χ0) is 51.3. The Morgan fingerprint density at radius 1 is 0.522 bits per heavy atom. The van der Waals surface area contributed by atoms with Crippen molar-refractivity contribution in [2.75, 3.05) is 13.2 Å². The second-order valence-electron chi connectivity index (χ2n) is 17.1. The molecule has 0 spiro atoms. The molecule has 18 nitrogen and oxygen atoms in total. The number of aliphatic hydroxyl groups excluding tert-OH is 6. The molecule has 1 aliphatic rings. The van der Waals surface area contributed by atoms with Crippen LogP contribution >= 0.6 is 15.6 Å². The highest BCUT2D eigenvalue weighted by Gasteiger charge is 2.54. The number of allylic oxidation sites excluding steroid dienone is 11. The van der Waals surface area contributed by atoms with Gasteiger partial charge in [-0.1, -0.05) is 132 Å². The topological polar surface area (TPSA) is 296 Å². The maximum atomic E-state index is 13.0. The number of hydrogen-bond acceptors (Lipinski definition) is 15. The molecule has 0 aromatic heterocycles. The number of ether oxygens (including phenoxy) is 2. The summed E-state index contributed by atoms with van der Waals surface area (Å²) in [7, 11) is -10.8. The van der Waals surface area contributed by atoms with Crippen molar-refractivity contribution in [1.29, 1.82) is 0 Å². The summed E-state index contributed by atoms with van der Waals surface area (Å²) >= 11 is 0. The lowest BCUT2D eigenvalue weighted by atomic mass is 9.85. The molecular weight excluding hydrogens is 938 g/mol. The minimum atomic E-state index is -5.41. The smallest absolute Gasteiger partial charge is 0.462 e. The first-order valence-electron chi connectivity index (χ1n) is 24.6. The van der Waals surface area contributed by atoms with E-state index in [0.717, 1.165) is 32.1 Å². The average molecular weight is 1020 g/mol. The van der Waals surface area contributed by atoms with E-state index < -0.39 is 95.7 Å². The monoisotopic (exact) mass is 1020 g/mol. The highest BCUT2D eigenvalue weighted by molar-refractivity contribution is 7.47. The van der Waals surface area contributed by atoms with Crippen LogP contribution < -0.4 is 0 Å². The van der Waals surface area contributed by atoms with E-state index in [1.807, 2.05) is 24.3 Å². The first-order chi connectivity index (χ1) is 32.9. The van der Waals surface area contributed by atoms with E-state index in [4.69, 9.17) is 18.5 Å². The van der Waals surface area contributed by atoms with Crippen LogP contribution in [-0.4, -0.2) is 125 Å². The Labute approximate surface area is 409 Å². The van der Waals surface area contributed by atoms with Crippen molar-refractivity contribution < 1.29 is 87.1 Å². The third kappa shape index (κ3) is 32.9. The lowest BCUT2D eigenvalue weighted by Crippen LogP contribution is -2.64. The Balaban J connectivity index is 2.73. The van der Waals surface area contributed by atoms with Gasteiger partial charge in [-0.15, -0.1) is 0 Å². The zero-order valence-corrected chi connectivity index (χ0v) is 42.5. The minimum Gasteiger partial charge on any atom is -0.462 e. The van der Waals surface area contributed by atoms with Crippen LogP contribution in [0.4, 0.5) is 0 Å². The first-order valence-corrected chi connectivity index (χ1v) is 27.7. The van der Waals surface area contributed by atoms with Crippen molar-refractivity contribution in [3.05, 3.63) is 72.9 Å². The molecular formula is C49H84O18P2. The molecule has 1 rings (SSSR count). The van der Waals surface area contributed by atoms with E-state index in [-0.39, 0.29) is 32.1 Å². The molecule has 0 radical (unpaired) electrons. The molecule has 20 heteroatoms. The standard InChI is InChI=1S/C49H84O18P2/c1-3-5-7-9-11-13-15-17-18-19-20-21-23-25-27-29-31-35-42(52)63-37-39(38-64-69(61,62)67-49-46(56)44(54)45(55)48(47(49)57)66-68(58,59)60)65-43(53)36-32-34-41(51)40(50)33-30-28-26-24-22-16-14-12-10-8-6-4-2/h12,14,17-18,20-22,24-25,27-28,30,39-41,44-51,54-57H,3-11,13,15-16,19,23,26,29,31-38H2,1-2H3,(H,61,62)(H2,58,59,60)/b14-12-,18-17-,21-20-,24-22-,27-25-,30-28-/t39-,40?,41?,44?,45?,46?,47?,48-,49+/m1/s1. The fraction of sp³-hybridized carbons (Fsp3) is 0.714. The van der Waals surface area contributed by atoms with Crippen molar-refractivity contribution in [3.8, 4) is 0 Å². The zero-order valence-electron chi connectivity index (χ0n) is 40.7. The number of phosphoric ester groups is 2. The fourth-order valence-corrected chi connectivity index (χ4v) is 8.51. The Morgan fingerprint density at radius 3 is 1.55 bits per heavy atom. The molecule has 0 aliphatic heterocycles. The van der Waals surface area contributed by atoms with Gasteiger partial charge in [0.1, 0.15) is 43.2 Å². The predicted molar refractivity (Wildman–Crippen MR) is 262 cm³/mol. The molecule has 1 fully saturated rings. The Bertz CT molecular complexity index is 1640. The lowest BCUT2D eigenvalue weighted by Gasteiger charge is -2.43. The van der Waals surface area contributed by atoms with Gasteiger partial charge in [-0.2, -0.15) is 0 Å². The quantitative estimate of drug-likeness (QED) is 0.0124. The summed E-state index contributed by atoms with van der Waals surface area (Å²) in [5.41, 5.74) is 0. The minimum absolute atomic E-state index is 0.0147. The van der Waals surface area contributed by atoms with Crippen molar-refractivity contribution in [3.63, 3.8) is 0 Å². The highest BCUT2D eigenvalue weighted by Crippen LogP contribution is 2.49. The van der Waals surface area contributed by atoms with Crippen molar-refractivity contribution in [2.24, 2.45) is 0 Å². The van der Waals surface area contributed by atoms with E-state index in [1.165, 1.54) is 57.8 Å². The van der Waals surface area contributed by atoms with Crippen LogP contribution in [0.1, 0.15) is 155 Å². The number of phosphoric acid groups is 2. The van der Waals surface area contributed by atoms with Crippen molar-refractivity contribution >= 4 is 27.6 Å². The number of aliphatic hydroxyl groups is 6. The van der Waals surface area contributed by atoms with Crippen LogP contribution in [-0.2, 0) is 41.8 Å². The molecule has 0 amide bonds. The van der Waals surface area contributed by atoms with Gasteiger partial charge >= 0.3 is 27.6 Å². The van der Waals surface area contributed by atoms with Crippen molar-refractivity contribution in [2.45, 2.75) is 210 Å². The number of carbonyl (C=O) groups is 2. The van der Waals surface area contributed by atoms with Gasteiger partial charge in [-0.05, 0) is 83.5 Å². The van der Waals surface area contributed by atoms with Crippen molar-refractivity contribution in [1.82, 2.24) is 0 Å². The molecule has 69 heavy (non-hydrogen) atoms. The largest absolute Gasteiger partial charge is 0.472 e. The van der Waals surface area contributed by atoms with E-state index >= 15 is 0 Å². The second-order valence-corrected chi connectivity index (χ2v) is 19.7. The number of hydrogen-bond donors (Lipinski definition) is 9. The van der Waals surface area contributed by atoms with E-state index in [9.17, 15) is 64.0 Å². The molecule has 0 bridgehead atoms. The molecule has 1 saturated carbocycles. The summed E-state index contributed by atoms with van der Waals surface area (Å²) in [4.78, 5) is 54.4. The molecule has 10 atom stereocenters. The van der Waals surface area contributed by atoms with Gasteiger partial charge in [-0.25, -0.2) is 9.13 Å². The Hall–Kier alpha value is -2.64. The molecule has 0 aromatic carbocycles. The third-order valence-corrected chi connectivity index (χ3v) is 12.5. The summed E-state index contributed by atoms with van der Waals surface area (Å²) in [6.07, 6.45) is 24.4. The van der Waals surface area contributed by atoms with Gasteiger partial charge in [0.15, 0.2) is 6.10 Å². The van der Waals surface area contributed by atoms with Crippen LogP contribution in [0, 0.1) is 0 Å². The highest BCUT2D eigenvalue weighted by atomic mass is 31.2. The normalized spacial score (nSPS) is 22.7. The Kier molecular flexibility index (Phi) is 36.3. The summed E-state index contributed by atoms with van der Waals surface area (Å²) in [5.74, 6) is -1.56. The van der Waals surface area contributed by atoms with Crippen LogP contribution in [0.25, 0.3) is 0 Å². The summed E-state index contributed by atoms with van der Waals surface area (Å²) in [6.45, 7) is 2.78. The van der Waals surface area contributed by atoms with Crippen LogP contribution in [0.2, 0.25) is 0 Å². The molecule has 7 unspecified atom stereocenters. The molecule has 0 heterocycles. The third-order valence-electron chi connectivity index (χ3n) is 11.0. The average Bonchev–Trinajstić information content (AvgIpc) is 3.30. The number of esters is 2. The number of unbranched alkanes of at least 4 members (excludes halogenated alkanes) is 10. The molecule has 398 valence electrons. The SMILES string of the molecule is CCCCC/C=C\C/C=C\C/C=C\CC(O)C(O)CCCC(=O)O[C@H](COC(=O)CCC/C=C\C/C=C\C/C=C\CCCCCCCC)COP(=O)(O)O[C@H]1C(O)C(O)C(O)[C@@H](OP(=O)(O)O)C1O. The van der Waals surface area contributed by atoms with E-state index in [2.05, 4.69) is 60.9 Å². The van der Waals surface area contributed by atoms with Gasteiger partial charge in [0.2, 0.25) is 0 Å². The summed E-state index contributed by atoms with van der Waals surface area (Å²) in [5, 5.41) is 62.1. The molecule has 9 N–H and O–H groups in total. The summed E-state index contributed by atoms with van der Waals surface area (Å²) in [6, 6.07) is 0. The fourth-order valence-electron chi connectivity index (χ4n) is 6.97. The van der Waals surface area contributed by atoms with Gasteiger partial charge in [-0.3, -0.25) is 23.2 Å². The maximum Gasteiger partial charge on any atom is 0.472 e. The van der Waals surface area contributed by atoms with Gasteiger partial charge < -0.3 is 54.8 Å². The first kappa shape index (κ1) is 64.4. The lowest BCUT2D eigenvalue weighted by molar-refractivity contribution is -0.216. The number of rotatable bonds is 40. The molecule has 0 saturated heterocycles. The Morgan fingerprint density at radius 2 is 0.986 bits per heavy atom. The van der Waals surface area contributed by atoms with Gasteiger partial charge in [0.25, 0.3) is 0 Å². The van der Waals surface area contributed by atoms with Crippen LogP contribution in [0.15, 0.2) is 72.9 Å². The van der Waals surface area contributed by atoms with Crippen LogP contribution in [0.3, 0.4) is 0 Å². The van der Waals surface area contributed by atoms with E-state index in [0.29, 0.717) is 19.3 Å². The number of carbonyl (C=O) groups excluding carboxylic acids is 2. The molecule has 1 aliphatic carbocycles. The van der Waals surface area contributed by atoms with Gasteiger partial charge in [0, 0.05) is 12.8 Å². The summed E-state index contributed by atoms with van der Waals surface area (Å²) < 4.78 is 49.1. The predicted octanol–water partition coefficient (Wildman–Crippen LogP) is 7.56. The maximum absolute atomic E-state index is 13.0. The van der Waals surface area contributed by atoms with E-state index in [1.54, 1.807) is 6.08 Å². The van der Waals surface area contributed by atoms with Gasteiger partial charge in [0.05, 0.1) is 18.8 Å². The van der Waals surface area contributed by atoms with Crippen LogP contribution in [0.5, 0.6) is 0 Å². The molecule has 0 aromatic rings.